The number of esters is 1. The van der Waals surface area contributed by atoms with Crippen LogP contribution in [0.25, 0.3) is 16.9 Å². The van der Waals surface area contributed by atoms with Gasteiger partial charge in [0.15, 0.2) is 5.69 Å². The molecule has 2 aromatic carbocycles. The molecule has 0 unspecified atom stereocenters. The highest BCUT2D eigenvalue weighted by molar-refractivity contribution is 7.89. The van der Waals surface area contributed by atoms with Crippen LogP contribution in [-0.4, -0.2) is 30.8 Å². The van der Waals surface area contributed by atoms with Crippen molar-refractivity contribution in [3.63, 3.8) is 0 Å². The van der Waals surface area contributed by atoms with Gasteiger partial charge in [-0.1, -0.05) is 30.3 Å². The lowest BCUT2D eigenvalue weighted by atomic mass is 10.1. The van der Waals surface area contributed by atoms with Crippen LogP contribution >= 0.6 is 0 Å². The van der Waals surface area contributed by atoms with Crippen LogP contribution in [0.15, 0.2) is 65.6 Å². The Balaban J connectivity index is 2.11. The number of carbonyl (C=O) groups is 1. The van der Waals surface area contributed by atoms with Crippen LogP contribution in [0, 0.1) is 0 Å². The molecule has 2 N–H and O–H groups in total. The molecule has 0 aliphatic heterocycles. The van der Waals surface area contributed by atoms with Crippen LogP contribution in [0.3, 0.4) is 0 Å². The third-order valence-corrected chi connectivity index (χ3v) is 4.60. The molecule has 3 rings (SSSR count). The molecule has 1 aromatic heterocycles. The number of nitrogens with zero attached hydrogens (tertiary/aromatic N) is 2. The molecule has 1 heterocycles. The Morgan fingerprint density at radius 1 is 1.12 bits per heavy atom. The summed E-state index contributed by atoms with van der Waals surface area (Å²) < 4.78 is 29.4. The smallest absolute Gasteiger partial charge is 0.358 e. The summed E-state index contributed by atoms with van der Waals surface area (Å²) in [6, 6.07) is 17.0. The van der Waals surface area contributed by atoms with E-state index in [4.69, 9.17) is 9.88 Å². The van der Waals surface area contributed by atoms with Gasteiger partial charge in [0.2, 0.25) is 10.0 Å². The van der Waals surface area contributed by atoms with Crippen LogP contribution in [-0.2, 0) is 14.8 Å². The van der Waals surface area contributed by atoms with Gasteiger partial charge in [0.1, 0.15) is 0 Å². The van der Waals surface area contributed by atoms with Gasteiger partial charge in [0.25, 0.3) is 0 Å². The van der Waals surface area contributed by atoms with Crippen LogP contribution in [0.5, 0.6) is 0 Å². The van der Waals surface area contributed by atoms with Gasteiger partial charge in [0, 0.05) is 5.56 Å². The maximum atomic E-state index is 12.1. The topological polar surface area (TPSA) is 104 Å². The van der Waals surface area contributed by atoms with Crippen LogP contribution < -0.4 is 5.14 Å². The molecule has 0 saturated heterocycles. The van der Waals surface area contributed by atoms with E-state index in [2.05, 4.69) is 5.10 Å². The molecule has 0 amide bonds. The van der Waals surface area contributed by atoms with Gasteiger partial charge in [-0.15, -0.1) is 0 Å². The fourth-order valence-corrected chi connectivity index (χ4v) is 2.99. The number of rotatable bonds is 5. The summed E-state index contributed by atoms with van der Waals surface area (Å²) in [6.07, 6.45) is 0. The largest absolute Gasteiger partial charge is 0.461 e. The van der Waals surface area contributed by atoms with Crippen molar-refractivity contribution < 1.29 is 17.9 Å². The average molecular weight is 371 g/mol. The summed E-state index contributed by atoms with van der Waals surface area (Å²) in [5, 5.41) is 9.46. The summed E-state index contributed by atoms with van der Waals surface area (Å²) in [6.45, 7) is 1.97. The van der Waals surface area contributed by atoms with Gasteiger partial charge >= 0.3 is 5.97 Å². The number of aromatic nitrogens is 2. The number of ether oxygens (including phenoxy) is 1. The minimum atomic E-state index is -3.78. The molecule has 0 aliphatic rings. The zero-order chi connectivity index (χ0) is 18.7. The minimum Gasteiger partial charge on any atom is -0.461 e. The summed E-state index contributed by atoms with van der Waals surface area (Å²) in [5.41, 5.74) is 2.29. The molecular formula is C18H17N3O4S. The Bertz CT molecular complexity index is 1030. The molecule has 0 aliphatic carbocycles. The molecule has 26 heavy (non-hydrogen) atoms. The molecule has 0 fully saturated rings. The molecule has 134 valence electrons. The Morgan fingerprint density at radius 3 is 2.35 bits per heavy atom. The Hall–Kier alpha value is -2.97. The van der Waals surface area contributed by atoms with Crippen LogP contribution in [0.1, 0.15) is 17.4 Å². The highest BCUT2D eigenvalue weighted by Gasteiger charge is 2.18. The number of benzene rings is 2. The molecule has 3 aromatic rings. The molecular weight excluding hydrogens is 354 g/mol. The van der Waals surface area contributed by atoms with Crippen molar-refractivity contribution in [3.05, 3.63) is 66.4 Å². The predicted molar refractivity (Wildman–Crippen MR) is 96.3 cm³/mol. The lowest BCUT2D eigenvalue weighted by molar-refractivity contribution is 0.0519. The molecule has 0 atom stereocenters. The standard InChI is InChI=1S/C18H17N3O4S/c1-2-25-18(22)16-12-17(13-6-4-3-5-7-13)21(20-16)14-8-10-15(11-9-14)26(19,23)24/h3-12H,2H2,1H3,(H2,19,23,24). The van der Waals surface area contributed by atoms with Gasteiger partial charge in [0.05, 0.1) is 22.9 Å². The van der Waals surface area contributed by atoms with E-state index in [0.29, 0.717) is 11.4 Å². The van der Waals surface area contributed by atoms with Crippen molar-refractivity contribution in [1.29, 1.82) is 0 Å². The molecule has 8 heteroatoms. The summed E-state index contributed by atoms with van der Waals surface area (Å²) in [7, 11) is -3.78. The average Bonchev–Trinajstić information content (AvgIpc) is 3.07. The maximum Gasteiger partial charge on any atom is 0.358 e. The zero-order valence-corrected chi connectivity index (χ0v) is 14.8. The zero-order valence-electron chi connectivity index (χ0n) is 14.0. The van der Waals surface area contributed by atoms with Gasteiger partial charge < -0.3 is 4.74 Å². The quantitative estimate of drug-likeness (QED) is 0.693. The number of primary sulfonamides is 1. The van der Waals surface area contributed by atoms with E-state index in [-0.39, 0.29) is 17.2 Å². The van der Waals surface area contributed by atoms with E-state index in [1.165, 1.54) is 12.1 Å². The highest BCUT2D eigenvalue weighted by atomic mass is 32.2. The van der Waals surface area contributed by atoms with Crippen molar-refractivity contribution in [2.24, 2.45) is 5.14 Å². The molecule has 0 spiro atoms. The number of sulfonamides is 1. The molecule has 0 saturated carbocycles. The van der Waals surface area contributed by atoms with E-state index < -0.39 is 16.0 Å². The van der Waals surface area contributed by atoms with Gasteiger partial charge in [-0.3, -0.25) is 0 Å². The van der Waals surface area contributed by atoms with Crippen molar-refractivity contribution in [1.82, 2.24) is 9.78 Å². The monoisotopic (exact) mass is 371 g/mol. The second-order valence-corrected chi connectivity index (χ2v) is 7.01. The van der Waals surface area contributed by atoms with Gasteiger partial charge in [-0.05, 0) is 37.3 Å². The summed E-state index contributed by atoms with van der Waals surface area (Å²) in [4.78, 5) is 12.1. The number of hydrogen-bond donors (Lipinski definition) is 1. The van der Waals surface area contributed by atoms with E-state index in [0.717, 1.165) is 5.56 Å². The van der Waals surface area contributed by atoms with E-state index in [1.54, 1.807) is 29.8 Å². The highest BCUT2D eigenvalue weighted by Crippen LogP contribution is 2.25. The molecule has 0 radical (unpaired) electrons. The normalized spacial score (nSPS) is 11.3. The third kappa shape index (κ3) is 3.66. The van der Waals surface area contributed by atoms with E-state index in [9.17, 15) is 13.2 Å². The van der Waals surface area contributed by atoms with Crippen molar-refractivity contribution in [3.8, 4) is 16.9 Å². The first-order chi connectivity index (χ1) is 12.4. The van der Waals surface area contributed by atoms with E-state index >= 15 is 0 Å². The number of nitrogens with two attached hydrogens (primary N) is 1. The van der Waals surface area contributed by atoms with Crippen LogP contribution in [0.2, 0.25) is 0 Å². The lowest BCUT2D eigenvalue weighted by Gasteiger charge is -2.08. The SMILES string of the molecule is CCOC(=O)c1cc(-c2ccccc2)n(-c2ccc(S(N)(=O)=O)cc2)n1. The van der Waals surface area contributed by atoms with Crippen LogP contribution in [0.4, 0.5) is 0 Å². The Labute approximate surface area is 151 Å². The fraction of sp³-hybridized carbons (Fsp3) is 0.111. The van der Waals surface area contributed by atoms with Gasteiger partial charge in [-0.2, -0.15) is 5.10 Å². The van der Waals surface area contributed by atoms with E-state index in [1.807, 2.05) is 30.3 Å². The first-order valence-electron chi connectivity index (χ1n) is 7.86. The number of hydrogen-bond acceptors (Lipinski definition) is 5. The number of carbonyl (C=O) groups excluding carboxylic acids is 1. The first-order valence-corrected chi connectivity index (χ1v) is 9.40. The van der Waals surface area contributed by atoms with Crippen molar-refractivity contribution in [2.75, 3.05) is 6.61 Å². The molecule has 0 bridgehead atoms. The second kappa shape index (κ2) is 7.11. The summed E-state index contributed by atoms with van der Waals surface area (Å²) >= 11 is 0. The predicted octanol–water partition coefficient (Wildman–Crippen LogP) is 2.36. The van der Waals surface area contributed by atoms with Crippen molar-refractivity contribution >= 4 is 16.0 Å². The van der Waals surface area contributed by atoms with Gasteiger partial charge in [-0.25, -0.2) is 23.0 Å². The molecule has 7 nitrogen and oxygen atoms in total. The summed E-state index contributed by atoms with van der Waals surface area (Å²) in [5.74, 6) is -0.524. The minimum absolute atomic E-state index is 0.000262. The Kier molecular flexibility index (Phi) is 4.88. The lowest BCUT2D eigenvalue weighted by Crippen LogP contribution is -2.12. The third-order valence-electron chi connectivity index (χ3n) is 3.67. The maximum absolute atomic E-state index is 12.1. The first kappa shape index (κ1) is 17.8. The second-order valence-electron chi connectivity index (χ2n) is 5.45. The Morgan fingerprint density at radius 2 is 1.77 bits per heavy atom. The van der Waals surface area contributed by atoms with Crippen molar-refractivity contribution in [2.45, 2.75) is 11.8 Å². The fourth-order valence-electron chi connectivity index (χ4n) is 2.47.